The van der Waals surface area contributed by atoms with E-state index in [1.807, 2.05) is 35.0 Å². The number of benzene rings is 2. The van der Waals surface area contributed by atoms with E-state index >= 15 is 0 Å². The summed E-state index contributed by atoms with van der Waals surface area (Å²) < 4.78 is 0. The van der Waals surface area contributed by atoms with Crippen molar-refractivity contribution in [2.75, 3.05) is 46.0 Å². The van der Waals surface area contributed by atoms with Gasteiger partial charge in [0.1, 0.15) is 0 Å². The molecule has 0 spiro atoms. The van der Waals surface area contributed by atoms with Crippen molar-refractivity contribution in [2.24, 2.45) is 0 Å². The average molecular weight is 685 g/mol. The number of nitrogens with one attached hydrogen (secondary N) is 1. The molecule has 260 valence electrons. The summed E-state index contributed by atoms with van der Waals surface area (Å²) in [5.41, 5.74) is 0.543. The first-order valence-corrected chi connectivity index (χ1v) is 17.2. The van der Waals surface area contributed by atoms with E-state index in [-0.39, 0.29) is 23.9 Å². The molecule has 3 heterocycles. The lowest BCUT2D eigenvalue weighted by Gasteiger charge is -2.40. The van der Waals surface area contributed by atoms with E-state index in [0.29, 0.717) is 6.04 Å². The maximum Gasteiger partial charge on any atom is 0.336 e. The van der Waals surface area contributed by atoms with Gasteiger partial charge in [0, 0.05) is 55.6 Å². The fraction of sp³-hybridized carbons (Fsp3) is 0.500. The number of carbonyl (C=O) groups excluding carboxylic acids is 2. The van der Waals surface area contributed by atoms with Gasteiger partial charge in [-0.15, -0.1) is 11.8 Å². The molecule has 0 bridgehead atoms. The highest BCUT2D eigenvalue weighted by atomic mass is 32.2. The summed E-state index contributed by atoms with van der Waals surface area (Å²) in [6.45, 7) is 4.71. The number of likely N-dealkylation sites (N-methyl/N-ethyl adjacent to an activating group) is 1. The monoisotopic (exact) mass is 684 g/mol. The van der Waals surface area contributed by atoms with Crippen LogP contribution in [-0.4, -0.2) is 123 Å². The molecule has 0 aliphatic carbocycles. The molecule has 2 aromatic rings. The normalized spacial score (nSPS) is 19.2. The standard InChI is InChI=1S/C28H36N4O2S.C6H8O7/c1-30-26(24-6-3-4-7-25(24)27(30)33)23(20-8-10-22(35-2)11-9-20)14-19-31-17-12-21(13-18-31)32-16-5-15-29-28(32)34;7-3(8)1-6(13,5(11)12)2-4(9)10/h3-4,6-11,21,23,26H,5,12-19H2,1-2H3,(H,29,34);13H,1-2H2,(H,7,8)(H,9,10)(H,11,12)/t23-,26+;/m0./s1. The van der Waals surface area contributed by atoms with Gasteiger partial charge in [-0.3, -0.25) is 14.4 Å². The number of amides is 3. The molecule has 5 N–H and O–H groups in total. The SMILES string of the molecule is CSc1ccc([C@H](CCN2CCC(N3CCCNC3=O)CC2)[C@@H]2c3ccccc3C(=O)N2C)cc1.O=C(O)CC(O)(CC(=O)O)C(=O)O. The van der Waals surface area contributed by atoms with Crippen LogP contribution in [0.3, 0.4) is 0 Å². The van der Waals surface area contributed by atoms with Gasteiger partial charge in [-0.1, -0.05) is 30.3 Å². The van der Waals surface area contributed by atoms with E-state index in [0.717, 1.165) is 69.5 Å². The molecule has 0 unspecified atom stereocenters. The number of nitrogens with zero attached hydrogens (tertiary/aromatic N) is 3. The molecule has 3 aliphatic rings. The number of likely N-dealkylation sites (tertiary alicyclic amines) is 1. The molecule has 2 fully saturated rings. The Hall–Kier alpha value is -4.14. The first-order chi connectivity index (χ1) is 22.8. The molecule has 14 heteroatoms. The number of carboxylic acid groups (broad SMARTS) is 3. The molecule has 0 saturated carbocycles. The van der Waals surface area contributed by atoms with Gasteiger partial charge in [0.2, 0.25) is 0 Å². The van der Waals surface area contributed by atoms with Crippen LogP contribution >= 0.6 is 11.8 Å². The van der Waals surface area contributed by atoms with E-state index in [9.17, 15) is 24.0 Å². The highest BCUT2D eigenvalue weighted by Gasteiger charge is 2.41. The van der Waals surface area contributed by atoms with E-state index in [1.165, 1.54) is 10.5 Å². The maximum atomic E-state index is 13.0. The molecule has 0 radical (unpaired) electrons. The summed E-state index contributed by atoms with van der Waals surface area (Å²) in [6.07, 6.45) is 3.91. The second-order valence-corrected chi connectivity index (χ2v) is 13.3. The van der Waals surface area contributed by atoms with Crippen LogP contribution in [0.15, 0.2) is 53.4 Å². The largest absolute Gasteiger partial charge is 0.481 e. The quantitative estimate of drug-likeness (QED) is 0.206. The number of carboxylic acids is 3. The Bertz CT molecular complexity index is 1460. The maximum absolute atomic E-state index is 13.0. The Kier molecular flexibility index (Phi) is 12.5. The molecule has 48 heavy (non-hydrogen) atoms. The fourth-order valence-electron chi connectivity index (χ4n) is 6.81. The van der Waals surface area contributed by atoms with Gasteiger partial charge in [0.15, 0.2) is 5.60 Å². The lowest BCUT2D eigenvalue weighted by Crippen LogP contribution is -2.54. The zero-order valence-electron chi connectivity index (χ0n) is 27.2. The highest BCUT2D eigenvalue weighted by molar-refractivity contribution is 7.98. The summed E-state index contributed by atoms with van der Waals surface area (Å²) in [6, 6.07) is 17.5. The Morgan fingerprint density at radius 2 is 1.58 bits per heavy atom. The second kappa shape index (κ2) is 16.3. The van der Waals surface area contributed by atoms with Crippen LogP contribution in [0, 0.1) is 0 Å². The Labute approximate surface area is 283 Å². The number of aliphatic carboxylic acids is 3. The van der Waals surface area contributed by atoms with Crippen LogP contribution in [0.2, 0.25) is 0 Å². The third-order valence-electron chi connectivity index (χ3n) is 9.33. The van der Waals surface area contributed by atoms with Gasteiger partial charge in [0.05, 0.1) is 18.9 Å². The van der Waals surface area contributed by atoms with Crippen molar-refractivity contribution in [1.82, 2.24) is 20.0 Å². The number of fused-ring (bicyclic) bond motifs is 1. The number of urea groups is 1. The molecule has 0 aromatic heterocycles. The van der Waals surface area contributed by atoms with Crippen LogP contribution in [0.25, 0.3) is 0 Å². The Morgan fingerprint density at radius 1 is 0.958 bits per heavy atom. The number of aliphatic hydroxyl groups is 1. The van der Waals surface area contributed by atoms with Crippen molar-refractivity contribution in [3.05, 3.63) is 65.2 Å². The zero-order chi connectivity index (χ0) is 35.0. The van der Waals surface area contributed by atoms with E-state index in [2.05, 4.69) is 46.8 Å². The zero-order valence-corrected chi connectivity index (χ0v) is 28.0. The molecule has 2 saturated heterocycles. The summed E-state index contributed by atoms with van der Waals surface area (Å²) >= 11 is 1.75. The summed E-state index contributed by atoms with van der Waals surface area (Å²) in [5, 5.41) is 36.8. The van der Waals surface area contributed by atoms with Gasteiger partial charge in [-0.05, 0) is 67.8 Å². The number of carbonyl (C=O) groups is 5. The molecule has 5 rings (SSSR count). The number of rotatable bonds is 12. The molecule has 2 atom stereocenters. The molecule has 3 amide bonds. The third-order valence-corrected chi connectivity index (χ3v) is 10.1. The second-order valence-electron chi connectivity index (χ2n) is 12.4. The number of thioether (sulfide) groups is 1. The summed E-state index contributed by atoms with van der Waals surface area (Å²) in [7, 11) is 1.95. The molecular weight excluding hydrogens is 640 g/mol. The predicted octanol–water partition coefficient (Wildman–Crippen LogP) is 3.34. The van der Waals surface area contributed by atoms with E-state index in [4.69, 9.17) is 20.4 Å². The van der Waals surface area contributed by atoms with E-state index < -0.39 is 36.4 Å². The number of piperidine rings is 1. The van der Waals surface area contributed by atoms with E-state index in [1.54, 1.807) is 11.8 Å². The van der Waals surface area contributed by atoms with Crippen LogP contribution in [-0.2, 0) is 14.4 Å². The Morgan fingerprint density at radius 3 is 2.15 bits per heavy atom. The van der Waals surface area contributed by atoms with Gasteiger partial charge in [-0.25, -0.2) is 9.59 Å². The van der Waals surface area contributed by atoms with Crippen LogP contribution < -0.4 is 5.32 Å². The van der Waals surface area contributed by atoms with Crippen LogP contribution in [0.4, 0.5) is 4.79 Å². The third kappa shape index (κ3) is 8.85. The van der Waals surface area contributed by atoms with Gasteiger partial charge >= 0.3 is 23.9 Å². The van der Waals surface area contributed by atoms with Crippen LogP contribution in [0.1, 0.15) is 72.0 Å². The molecule has 3 aliphatic heterocycles. The van der Waals surface area contributed by atoms with Gasteiger partial charge in [-0.2, -0.15) is 0 Å². The van der Waals surface area contributed by atoms with Gasteiger partial charge < -0.3 is 40.4 Å². The number of hydrogen-bond acceptors (Lipinski definition) is 8. The molecule has 13 nitrogen and oxygen atoms in total. The first kappa shape index (κ1) is 36.7. The lowest BCUT2D eigenvalue weighted by atomic mass is 9.84. The lowest BCUT2D eigenvalue weighted by molar-refractivity contribution is -0.170. The molecule has 2 aromatic carbocycles. The minimum Gasteiger partial charge on any atom is -0.481 e. The smallest absolute Gasteiger partial charge is 0.336 e. The topological polar surface area (TPSA) is 188 Å². The average Bonchev–Trinajstić information content (AvgIpc) is 3.31. The highest BCUT2D eigenvalue weighted by Crippen LogP contribution is 2.44. The predicted molar refractivity (Wildman–Crippen MR) is 178 cm³/mol. The van der Waals surface area contributed by atoms with Crippen molar-refractivity contribution in [2.45, 2.75) is 67.0 Å². The minimum atomic E-state index is -2.74. The summed E-state index contributed by atoms with van der Waals surface area (Å²) in [5.74, 6) is -4.67. The van der Waals surface area contributed by atoms with Crippen molar-refractivity contribution in [3.63, 3.8) is 0 Å². The van der Waals surface area contributed by atoms with Crippen LogP contribution in [0.5, 0.6) is 0 Å². The summed E-state index contributed by atoms with van der Waals surface area (Å²) in [4.78, 5) is 63.6. The first-order valence-electron chi connectivity index (χ1n) is 16.0. The van der Waals surface area contributed by atoms with Crippen molar-refractivity contribution in [1.29, 1.82) is 0 Å². The number of hydrogen-bond donors (Lipinski definition) is 5. The Balaban J connectivity index is 0.000000341. The van der Waals surface area contributed by atoms with Gasteiger partial charge in [0.25, 0.3) is 5.91 Å². The van der Waals surface area contributed by atoms with Crippen molar-refractivity contribution < 1.29 is 44.4 Å². The molecular formula is C34H44N4O9S. The van der Waals surface area contributed by atoms with Crippen molar-refractivity contribution in [3.8, 4) is 0 Å². The fourth-order valence-corrected chi connectivity index (χ4v) is 7.21. The minimum absolute atomic E-state index is 0.0495. The van der Waals surface area contributed by atoms with Crippen molar-refractivity contribution >= 4 is 41.6 Å².